The van der Waals surface area contributed by atoms with Crippen LogP contribution in [0.1, 0.15) is 43.7 Å². The number of carbonyl (C=O) groups is 1. The highest BCUT2D eigenvalue weighted by Gasteiger charge is 2.65. The van der Waals surface area contributed by atoms with Gasteiger partial charge in [-0.2, -0.15) is 0 Å². The van der Waals surface area contributed by atoms with Gasteiger partial charge in [0.25, 0.3) is 0 Å². The molecular weight excluding hydrogens is 374 g/mol. The van der Waals surface area contributed by atoms with Crippen LogP contribution in [0.3, 0.4) is 0 Å². The lowest BCUT2D eigenvalue weighted by molar-refractivity contribution is -0.139. The summed E-state index contributed by atoms with van der Waals surface area (Å²) >= 11 is 0. The van der Waals surface area contributed by atoms with Crippen molar-refractivity contribution >= 4 is 5.91 Å². The minimum atomic E-state index is -0.228. The fourth-order valence-electron chi connectivity index (χ4n) is 6.78. The van der Waals surface area contributed by atoms with Crippen LogP contribution < -0.4 is 0 Å². The van der Waals surface area contributed by atoms with E-state index in [9.17, 15) is 4.79 Å². The molecule has 5 heterocycles. The quantitative estimate of drug-likeness (QED) is 0.779. The van der Waals surface area contributed by atoms with Crippen LogP contribution in [0.4, 0.5) is 0 Å². The molecule has 0 bridgehead atoms. The molecule has 30 heavy (non-hydrogen) atoms. The van der Waals surface area contributed by atoms with E-state index in [-0.39, 0.29) is 5.54 Å². The second-order valence-electron chi connectivity index (χ2n) is 9.76. The Balaban J connectivity index is 1.25. The molecule has 6 rings (SSSR count). The third-order valence-electron chi connectivity index (χ3n) is 8.31. The molecule has 4 saturated heterocycles. The minimum absolute atomic E-state index is 0.228. The van der Waals surface area contributed by atoms with Crippen molar-refractivity contribution in [1.82, 2.24) is 14.7 Å². The van der Waals surface area contributed by atoms with Crippen LogP contribution in [0.2, 0.25) is 0 Å². The van der Waals surface area contributed by atoms with Gasteiger partial charge in [-0.15, -0.1) is 0 Å². The first-order valence-corrected chi connectivity index (χ1v) is 11.6. The zero-order valence-corrected chi connectivity index (χ0v) is 17.8. The third kappa shape index (κ3) is 2.64. The summed E-state index contributed by atoms with van der Waals surface area (Å²) in [5.74, 6) is 1.82. The second kappa shape index (κ2) is 6.96. The largest absolute Gasteiger partial charge is 0.464 e. The summed E-state index contributed by atoms with van der Waals surface area (Å²) in [6, 6.07) is 13.6. The number of hydrogen-bond donors (Lipinski definition) is 0. The van der Waals surface area contributed by atoms with Crippen LogP contribution >= 0.6 is 0 Å². The van der Waals surface area contributed by atoms with Gasteiger partial charge in [0, 0.05) is 30.1 Å². The summed E-state index contributed by atoms with van der Waals surface area (Å²) in [5, 5.41) is 0. The molecule has 4 aliphatic heterocycles. The average molecular weight is 406 g/mol. The number of amides is 1. The highest BCUT2D eigenvalue weighted by Crippen LogP contribution is 2.56. The maximum Gasteiger partial charge on any atom is 0.243 e. The van der Waals surface area contributed by atoms with E-state index in [0.717, 1.165) is 69.6 Å². The molecule has 5 heteroatoms. The number of likely N-dealkylation sites (tertiary alicyclic amines) is 2. The van der Waals surface area contributed by atoms with Gasteiger partial charge in [-0.1, -0.05) is 24.3 Å². The molecule has 0 radical (unpaired) electrons. The van der Waals surface area contributed by atoms with E-state index in [1.165, 1.54) is 5.56 Å². The Morgan fingerprint density at radius 1 is 1.07 bits per heavy atom. The smallest absolute Gasteiger partial charge is 0.243 e. The van der Waals surface area contributed by atoms with E-state index >= 15 is 0 Å². The molecule has 158 valence electrons. The number of rotatable bonds is 3. The SMILES string of the molecule is CN1CCC(N2C[C@@H]3C[C@@H](c4ccc(-c5ccco5)cc4)N4CCC[C@@]34C2=O)CC1. The number of nitrogens with zero attached hydrogens (tertiary/aromatic N) is 3. The van der Waals surface area contributed by atoms with Gasteiger partial charge in [-0.05, 0) is 76.5 Å². The highest BCUT2D eigenvalue weighted by molar-refractivity contribution is 5.90. The number of furan rings is 1. The molecule has 0 N–H and O–H groups in total. The lowest BCUT2D eigenvalue weighted by Gasteiger charge is -2.38. The summed E-state index contributed by atoms with van der Waals surface area (Å²) < 4.78 is 5.54. The molecule has 0 saturated carbocycles. The van der Waals surface area contributed by atoms with Gasteiger partial charge >= 0.3 is 0 Å². The maximum atomic E-state index is 13.8. The van der Waals surface area contributed by atoms with Crippen molar-refractivity contribution in [1.29, 1.82) is 0 Å². The Kier molecular flexibility index (Phi) is 4.32. The van der Waals surface area contributed by atoms with E-state index < -0.39 is 0 Å². The van der Waals surface area contributed by atoms with Crippen LogP contribution in [0.15, 0.2) is 47.1 Å². The van der Waals surface area contributed by atoms with Crippen molar-refractivity contribution in [3.05, 3.63) is 48.2 Å². The van der Waals surface area contributed by atoms with Gasteiger partial charge in [0.05, 0.1) is 6.26 Å². The number of piperidine rings is 1. The van der Waals surface area contributed by atoms with Gasteiger partial charge in [0.1, 0.15) is 11.3 Å². The van der Waals surface area contributed by atoms with Crippen LogP contribution in [0, 0.1) is 5.92 Å². The Labute approximate surface area is 178 Å². The molecule has 0 unspecified atom stereocenters. The van der Waals surface area contributed by atoms with Crippen molar-refractivity contribution in [2.24, 2.45) is 5.92 Å². The van der Waals surface area contributed by atoms with Gasteiger partial charge in [-0.3, -0.25) is 9.69 Å². The first-order chi connectivity index (χ1) is 14.7. The van der Waals surface area contributed by atoms with Crippen molar-refractivity contribution in [2.75, 3.05) is 33.2 Å². The van der Waals surface area contributed by atoms with Gasteiger partial charge < -0.3 is 14.2 Å². The molecule has 0 aliphatic carbocycles. The van der Waals surface area contributed by atoms with Crippen LogP contribution in [0.5, 0.6) is 0 Å². The topological polar surface area (TPSA) is 39.9 Å². The Bertz CT molecular complexity index is 916. The number of hydrogen-bond acceptors (Lipinski definition) is 4. The predicted octanol–water partition coefficient (Wildman–Crippen LogP) is 3.78. The summed E-state index contributed by atoms with van der Waals surface area (Å²) in [6.45, 7) is 4.24. The van der Waals surface area contributed by atoms with Crippen LogP contribution in [-0.2, 0) is 4.79 Å². The minimum Gasteiger partial charge on any atom is -0.464 e. The molecule has 2 aromatic rings. The molecule has 1 aromatic heterocycles. The van der Waals surface area contributed by atoms with Crippen molar-refractivity contribution < 1.29 is 9.21 Å². The van der Waals surface area contributed by atoms with Gasteiger partial charge in [0.15, 0.2) is 0 Å². The zero-order valence-electron chi connectivity index (χ0n) is 17.8. The fraction of sp³-hybridized carbons (Fsp3) is 0.560. The van der Waals surface area contributed by atoms with E-state index in [1.54, 1.807) is 6.26 Å². The Morgan fingerprint density at radius 2 is 1.87 bits per heavy atom. The van der Waals surface area contributed by atoms with E-state index in [0.29, 0.717) is 23.9 Å². The Morgan fingerprint density at radius 3 is 2.60 bits per heavy atom. The first-order valence-electron chi connectivity index (χ1n) is 11.6. The van der Waals surface area contributed by atoms with Crippen molar-refractivity contribution in [2.45, 2.75) is 49.7 Å². The van der Waals surface area contributed by atoms with Crippen molar-refractivity contribution in [3.63, 3.8) is 0 Å². The molecule has 1 aromatic carbocycles. The molecule has 3 atom stereocenters. The summed E-state index contributed by atoms with van der Waals surface area (Å²) in [4.78, 5) is 21.1. The molecule has 1 spiro atoms. The van der Waals surface area contributed by atoms with Gasteiger partial charge in [-0.25, -0.2) is 0 Å². The fourth-order valence-corrected chi connectivity index (χ4v) is 6.78. The predicted molar refractivity (Wildman–Crippen MR) is 116 cm³/mol. The van der Waals surface area contributed by atoms with Crippen LogP contribution in [-0.4, -0.2) is 65.4 Å². The zero-order chi connectivity index (χ0) is 20.3. The lowest BCUT2D eigenvalue weighted by Crippen LogP contribution is -2.52. The molecule has 1 amide bonds. The number of benzene rings is 1. The normalized spacial score (nSPS) is 32.7. The van der Waals surface area contributed by atoms with Crippen molar-refractivity contribution in [3.8, 4) is 11.3 Å². The average Bonchev–Trinajstić information content (AvgIpc) is 3.53. The molecule has 4 fully saturated rings. The molecule has 4 aliphatic rings. The highest BCUT2D eigenvalue weighted by atomic mass is 16.3. The molecular formula is C25H31N3O2. The first kappa shape index (κ1) is 18.6. The summed E-state index contributed by atoms with van der Waals surface area (Å²) in [7, 11) is 2.19. The lowest BCUT2D eigenvalue weighted by atomic mass is 9.85. The maximum absolute atomic E-state index is 13.8. The Hall–Kier alpha value is -2.11. The summed E-state index contributed by atoms with van der Waals surface area (Å²) in [5.41, 5.74) is 2.23. The van der Waals surface area contributed by atoms with Crippen LogP contribution in [0.25, 0.3) is 11.3 Å². The van der Waals surface area contributed by atoms with Gasteiger partial charge in [0.2, 0.25) is 5.91 Å². The molecule has 5 nitrogen and oxygen atoms in total. The monoisotopic (exact) mass is 405 g/mol. The van der Waals surface area contributed by atoms with E-state index in [2.05, 4.69) is 46.0 Å². The summed E-state index contributed by atoms with van der Waals surface area (Å²) in [6.07, 6.45) is 7.27. The number of carbonyl (C=O) groups excluding carboxylic acids is 1. The standard InChI is InChI=1S/C25H31N3O2/c1-26-13-9-21(10-14-26)27-17-20-16-22(28-12-3-11-25(20,28)24(27)29)18-5-7-19(8-6-18)23-4-2-15-30-23/h2,4-8,15,20-22H,3,9-14,16-17H2,1H3/t20-,22-,25-/m0/s1. The van der Waals surface area contributed by atoms with E-state index in [1.807, 2.05) is 12.1 Å². The third-order valence-corrected chi connectivity index (χ3v) is 8.31. The van der Waals surface area contributed by atoms with E-state index in [4.69, 9.17) is 4.42 Å². The second-order valence-corrected chi connectivity index (χ2v) is 9.76.